The zero-order valence-corrected chi connectivity index (χ0v) is 13.6. The van der Waals surface area contributed by atoms with E-state index < -0.39 is 0 Å². The van der Waals surface area contributed by atoms with Crippen LogP contribution >= 0.6 is 22.9 Å². The van der Waals surface area contributed by atoms with Gasteiger partial charge in [0.2, 0.25) is 5.91 Å². The minimum atomic E-state index is -0.184. The maximum Gasteiger partial charge on any atom is 0.230 e. The Hall–Kier alpha value is -1.33. The van der Waals surface area contributed by atoms with Crippen LogP contribution in [-0.4, -0.2) is 27.6 Å². The molecule has 0 fully saturated rings. The van der Waals surface area contributed by atoms with E-state index >= 15 is 0 Å². The Morgan fingerprint density at radius 3 is 2.65 bits per heavy atom. The van der Waals surface area contributed by atoms with Gasteiger partial charge in [0.25, 0.3) is 0 Å². The molecule has 0 spiro atoms. The van der Waals surface area contributed by atoms with Gasteiger partial charge < -0.3 is 4.90 Å². The summed E-state index contributed by atoms with van der Waals surface area (Å²) in [6.45, 7) is 3.92. The van der Waals surface area contributed by atoms with Crippen LogP contribution in [0.2, 0.25) is 4.34 Å². The summed E-state index contributed by atoms with van der Waals surface area (Å²) in [6, 6.07) is 3.74. The van der Waals surface area contributed by atoms with E-state index in [0.29, 0.717) is 4.34 Å². The van der Waals surface area contributed by atoms with E-state index in [1.165, 1.54) is 11.3 Å². The zero-order valence-electron chi connectivity index (χ0n) is 12.0. The number of nitrogens with zero attached hydrogens (tertiary/aromatic N) is 3. The van der Waals surface area contributed by atoms with Crippen molar-refractivity contribution in [1.29, 1.82) is 0 Å². The van der Waals surface area contributed by atoms with E-state index in [-0.39, 0.29) is 17.9 Å². The van der Waals surface area contributed by atoms with Crippen LogP contribution in [0.15, 0.2) is 24.5 Å². The summed E-state index contributed by atoms with van der Waals surface area (Å²) in [5.74, 6) is -0.100. The van der Waals surface area contributed by atoms with Crippen LogP contribution < -0.4 is 0 Å². The van der Waals surface area contributed by atoms with Gasteiger partial charge in [0.15, 0.2) is 0 Å². The van der Waals surface area contributed by atoms with Gasteiger partial charge in [-0.3, -0.25) is 9.48 Å². The van der Waals surface area contributed by atoms with Crippen molar-refractivity contribution < 1.29 is 4.79 Å². The van der Waals surface area contributed by atoms with Crippen molar-refractivity contribution in [3.8, 4) is 0 Å². The van der Waals surface area contributed by atoms with Gasteiger partial charge in [0, 0.05) is 30.7 Å². The first-order valence-electron chi connectivity index (χ1n) is 6.40. The molecular weight excluding hydrogens is 294 g/mol. The number of thiophene rings is 1. The highest BCUT2D eigenvalue weighted by Crippen LogP contribution is 2.30. The van der Waals surface area contributed by atoms with Crippen LogP contribution in [0, 0.1) is 0 Å². The molecule has 0 aliphatic carbocycles. The molecule has 2 rings (SSSR count). The lowest BCUT2D eigenvalue weighted by Crippen LogP contribution is -2.32. The second-order valence-electron chi connectivity index (χ2n) is 4.94. The minimum absolute atomic E-state index is 0.00548. The lowest BCUT2D eigenvalue weighted by atomic mass is 10.1. The first-order valence-corrected chi connectivity index (χ1v) is 7.60. The molecule has 2 aromatic rings. The van der Waals surface area contributed by atoms with Gasteiger partial charge in [0.05, 0.1) is 22.5 Å². The molecule has 6 heteroatoms. The molecule has 108 valence electrons. The largest absolute Gasteiger partial charge is 0.338 e. The summed E-state index contributed by atoms with van der Waals surface area (Å²) in [5, 5.41) is 4.15. The highest BCUT2D eigenvalue weighted by Gasteiger charge is 2.25. The van der Waals surface area contributed by atoms with Crippen LogP contribution in [-0.2, 0) is 11.8 Å². The van der Waals surface area contributed by atoms with Crippen LogP contribution in [0.3, 0.4) is 0 Å². The molecule has 0 aliphatic heterocycles. The number of halogens is 1. The second-order valence-corrected chi connectivity index (χ2v) is 6.68. The molecule has 0 bridgehead atoms. The van der Waals surface area contributed by atoms with Crippen LogP contribution in [0.1, 0.15) is 36.2 Å². The standard InChI is InChI=1S/C14H18ClN3OS/c1-9(12-5-6-13(15)20-12)14(19)18(4)10(2)11-7-16-17(3)8-11/h5-10H,1-4H3/t9-,10-/m0/s1. The van der Waals surface area contributed by atoms with Gasteiger partial charge in [-0.05, 0) is 26.0 Å². The van der Waals surface area contributed by atoms with E-state index in [1.807, 2.05) is 46.3 Å². The predicted octanol–water partition coefficient (Wildman–Crippen LogP) is 3.46. The lowest BCUT2D eigenvalue weighted by molar-refractivity contribution is -0.133. The SMILES string of the molecule is C[C@H](C(=O)N(C)[C@@H](C)c1cnn(C)c1)c1ccc(Cl)s1. The average Bonchev–Trinajstić information content (AvgIpc) is 3.04. The van der Waals surface area contributed by atoms with Gasteiger partial charge in [-0.2, -0.15) is 5.10 Å². The van der Waals surface area contributed by atoms with Crippen molar-refractivity contribution in [2.75, 3.05) is 7.05 Å². The van der Waals surface area contributed by atoms with Crippen molar-refractivity contribution in [3.05, 3.63) is 39.3 Å². The Kier molecular flexibility index (Phi) is 4.50. The molecule has 2 aromatic heterocycles. The number of likely N-dealkylation sites (N-methyl/N-ethyl adjacent to an activating group) is 1. The fraction of sp³-hybridized carbons (Fsp3) is 0.429. The van der Waals surface area contributed by atoms with E-state index in [4.69, 9.17) is 11.6 Å². The Labute approximate surface area is 128 Å². The first kappa shape index (κ1) is 15.1. The quantitative estimate of drug-likeness (QED) is 0.867. The molecule has 2 heterocycles. The van der Waals surface area contributed by atoms with Crippen molar-refractivity contribution in [2.24, 2.45) is 7.05 Å². The van der Waals surface area contributed by atoms with E-state index in [1.54, 1.807) is 15.8 Å². The van der Waals surface area contributed by atoms with Crippen molar-refractivity contribution >= 4 is 28.8 Å². The number of carbonyl (C=O) groups excluding carboxylic acids is 1. The molecule has 0 saturated heterocycles. The summed E-state index contributed by atoms with van der Waals surface area (Å²) in [6.07, 6.45) is 3.72. The van der Waals surface area contributed by atoms with Gasteiger partial charge in [-0.1, -0.05) is 11.6 Å². The number of rotatable bonds is 4. The van der Waals surface area contributed by atoms with Gasteiger partial charge in [0.1, 0.15) is 0 Å². The predicted molar refractivity (Wildman–Crippen MR) is 82.1 cm³/mol. The number of aryl methyl sites for hydroxylation is 1. The fourth-order valence-corrected chi connectivity index (χ4v) is 3.16. The number of amides is 1. The maximum atomic E-state index is 12.5. The first-order chi connectivity index (χ1) is 9.40. The normalized spacial score (nSPS) is 14.1. The number of aromatic nitrogens is 2. The molecule has 20 heavy (non-hydrogen) atoms. The van der Waals surface area contributed by atoms with E-state index in [0.717, 1.165) is 10.4 Å². The number of hydrogen-bond acceptors (Lipinski definition) is 3. The molecule has 0 aromatic carbocycles. The van der Waals surface area contributed by atoms with Gasteiger partial charge >= 0.3 is 0 Å². The highest BCUT2D eigenvalue weighted by atomic mass is 35.5. The Bertz CT molecular complexity index is 607. The summed E-state index contributed by atoms with van der Waals surface area (Å²) in [7, 11) is 3.69. The second kappa shape index (κ2) is 5.97. The third-order valence-corrected chi connectivity index (χ3v) is 4.94. The van der Waals surface area contributed by atoms with Crippen molar-refractivity contribution in [3.63, 3.8) is 0 Å². The monoisotopic (exact) mass is 311 g/mol. The lowest BCUT2D eigenvalue weighted by Gasteiger charge is -2.26. The molecule has 0 N–H and O–H groups in total. The summed E-state index contributed by atoms with van der Waals surface area (Å²) in [4.78, 5) is 15.3. The highest BCUT2D eigenvalue weighted by molar-refractivity contribution is 7.16. The summed E-state index contributed by atoms with van der Waals surface area (Å²) in [5.41, 5.74) is 1.03. The summed E-state index contributed by atoms with van der Waals surface area (Å²) >= 11 is 7.39. The fourth-order valence-electron chi connectivity index (χ4n) is 2.06. The molecule has 2 atom stereocenters. The smallest absolute Gasteiger partial charge is 0.230 e. The summed E-state index contributed by atoms with van der Waals surface area (Å²) < 4.78 is 2.45. The maximum absolute atomic E-state index is 12.5. The molecule has 0 saturated carbocycles. The van der Waals surface area contributed by atoms with Gasteiger partial charge in [-0.15, -0.1) is 11.3 Å². The Balaban J connectivity index is 2.12. The third-order valence-electron chi connectivity index (χ3n) is 3.53. The molecule has 1 amide bonds. The van der Waals surface area contributed by atoms with Gasteiger partial charge in [-0.25, -0.2) is 0 Å². The Morgan fingerprint density at radius 1 is 1.45 bits per heavy atom. The zero-order chi connectivity index (χ0) is 14.9. The molecule has 0 unspecified atom stereocenters. The van der Waals surface area contributed by atoms with E-state index in [2.05, 4.69) is 5.10 Å². The average molecular weight is 312 g/mol. The molecule has 0 radical (unpaired) electrons. The van der Waals surface area contributed by atoms with Crippen LogP contribution in [0.4, 0.5) is 0 Å². The third kappa shape index (κ3) is 3.04. The minimum Gasteiger partial charge on any atom is -0.338 e. The number of carbonyl (C=O) groups is 1. The Morgan fingerprint density at radius 2 is 2.15 bits per heavy atom. The number of hydrogen-bond donors (Lipinski definition) is 0. The molecular formula is C14H18ClN3OS. The topological polar surface area (TPSA) is 38.1 Å². The van der Waals surface area contributed by atoms with E-state index in [9.17, 15) is 4.79 Å². The van der Waals surface area contributed by atoms with Crippen molar-refractivity contribution in [1.82, 2.24) is 14.7 Å². The van der Waals surface area contributed by atoms with Crippen LogP contribution in [0.25, 0.3) is 0 Å². The van der Waals surface area contributed by atoms with Crippen molar-refractivity contribution in [2.45, 2.75) is 25.8 Å². The molecule has 4 nitrogen and oxygen atoms in total. The molecule has 0 aliphatic rings. The van der Waals surface area contributed by atoms with Crippen LogP contribution in [0.5, 0.6) is 0 Å².